The first kappa shape index (κ1) is 34.7. The Morgan fingerprint density at radius 3 is 2.51 bits per heavy atom. The fourth-order valence-corrected chi connectivity index (χ4v) is 8.03. The lowest BCUT2D eigenvalue weighted by molar-refractivity contribution is -0.149. The van der Waals surface area contributed by atoms with Crippen molar-refractivity contribution in [3.05, 3.63) is 69.6 Å². The van der Waals surface area contributed by atoms with Crippen LogP contribution in [0.4, 0.5) is 0 Å². The van der Waals surface area contributed by atoms with Gasteiger partial charge in [-0.2, -0.15) is 0 Å². The molecule has 5 nitrogen and oxygen atoms in total. The number of carbonyl (C=O) groups is 2. The predicted molar refractivity (Wildman–Crippen MR) is 189 cm³/mol. The van der Waals surface area contributed by atoms with E-state index in [0.717, 1.165) is 111 Å². The molecule has 0 bridgehead atoms. The summed E-state index contributed by atoms with van der Waals surface area (Å²) in [4.78, 5) is 34.0. The van der Waals surface area contributed by atoms with Crippen LogP contribution in [0.5, 0.6) is 0 Å². The van der Waals surface area contributed by atoms with Crippen molar-refractivity contribution < 1.29 is 9.59 Å². The van der Waals surface area contributed by atoms with Gasteiger partial charge < -0.3 is 10.2 Å². The summed E-state index contributed by atoms with van der Waals surface area (Å²) < 4.78 is 0. The molecule has 2 unspecified atom stereocenters. The molecule has 0 radical (unpaired) electrons. The lowest BCUT2D eigenvalue weighted by Crippen LogP contribution is -2.49. The van der Waals surface area contributed by atoms with Crippen LogP contribution in [0.15, 0.2) is 36.1 Å². The fourth-order valence-electron chi connectivity index (χ4n) is 8.03. The van der Waals surface area contributed by atoms with E-state index in [1.165, 1.54) is 33.2 Å². The number of nitrogens with one attached hydrogen (secondary N) is 1. The third-order valence-corrected chi connectivity index (χ3v) is 11.0. The minimum absolute atomic E-state index is 0.00232. The van der Waals surface area contributed by atoms with E-state index >= 15 is 0 Å². The molecule has 0 saturated heterocycles. The standard InChI is InChI=1S/C40H57N3O2/c1-10-16-30(25-44)29(12-3)23-27(7)38-31(13-4)37-35(43(9)39(45)40(19-15-20-40)21-22-41-14-5)18-17-32-28(8)33(26(6)11-2)24-34(42-38)36(32)37/h14,23-26,35,41H,5,10-13,15-22H2,1-4,6-9H3/b27-23+,30-29-. The van der Waals surface area contributed by atoms with Crippen molar-refractivity contribution in [2.45, 2.75) is 131 Å². The van der Waals surface area contributed by atoms with Crippen molar-refractivity contribution in [2.75, 3.05) is 13.6 Å². The Balaban J connectivity index is 1.97. The Bertz CT molecular complexity index is 1490. The minimum atomic E-state index is -0.288. The van der Waals surface area contributed by atoms with Gasteiger partial charge in [-0.1, -0.05) is 60.1 Å². The van der Waals surface area contributed by atoms with E-state index in [9.17, 15) is 9.59 Å². The molecule has 2 aliphatic rings. The maximum atomic E-state index is 14.4. The van der Waals surface area contributed by atoms with E-state index in [2.05, 4.69) is 77.4 Å². The average Bonchev–Trinajstić information content (AvgIpc) is 3.03. The Hall–Kier alpha value is -3.21. The molecule has 4 rings (SSSR count). The highest BCUT2D eigenvalue weighted by Crippen LogP contribution is 2.49. The Morgan fingerprint density at radius 1 is 1.22 bits per heavy atom. The summed E-state index contributed by atoms with van der Waals surface area (Å²) in [7, 11) is 2.05. The van der Waals surface area contributed by atoms with E-state index in [0.29, 0.717) is 5.92 Å². The summed E-state index contributed by atoms with van der Waals surface area (Å²) in [6, 6.07) is 2.34. The number of pyridine rings is 1. The number of carbonyl (C=O) groups excluding carboxylic acids is 2. The number of aldehydes is 1. The molecule has 5 heteroatoms. The van der Waals surface area contributed by atoms with Crippen LogP contribution in [0.3, 0.4) is 0 Å². The van der Waals surface area contributed by atoms with Gasteiger partial charge in [-0.25, -0.2) is 4.98 Å². The van der Waals surface area contributed by atoms with Crippen LogP contribution in [-0.4, -0.2) is 35.7 Å². The van der Waals surface area contributed by atoms with E-state index in [1.54, 1.807) is 6.20 Å². The van der Waals surface area contributed by atoms with Crippen molar-refractivity contribution in [3.8, 4) is 0 Å². The Kier molecular flexibility index (Phi) is 11.5. The zero-order valence-electron chi connectivity index (χ0n) is 29.4. The summed E-state index contributed by atoms with van der Waals surface area (Å²) >= 11 is 0. The molecule has 0 aliphatic heterocycles. The number of hydrogen-bond acceptors (Lipinski definition) is 4. The molecule has 1 aromatic carbocycles. The zero-order valence-corrected chi connectivity index (χ0v) is 29.4. The fraction of sp³-hybridized carbons (Fsp3) is 0.575. The Labute approximate surface area is 272 Å². The number of benzene rings is 1. The molecule has 45 heavy (non-hydrogen) atoms. The van der Waals surface area contributed by atoms with Gasteiger partial charge in [0.1, 0.15) is 6.29 Å². The molecule has 1 heterocycles. The minimum Gasteiger partial charge on any atom is -0.391 e. The molecule has 1 N–H and O–H groups in total. The van der Waals surface area contributed by atoms with Crippen LogP contribution in [-0.2, 0) is 22.4 Å². The van der Waals surface area contributed by atoms with Gasteiger partial charge >= 0.3 is 0 Å². The largest absolute Gasteiger partial charge is 0.391 e. The monoisotopic (exact) mass is 611 g/mol. The summed E-state index contributed by atoms with van der Waals surface area (Å²) in [6.45, 7) is 20.1. The van der Waals surface area contributed by atoms with Crippen LogP contribution in [0, 0.1) is 12.3 Å². The van der Waals surface area contributed by atoms with Gasteiger partial charge in [0, 0.05) is 19.0 Å². The SMILES string of the molecule is C=CNCCC1(C(=O)N(C)C2CCc3c(C)c(C(C)CC)cc4nc(/C(C)=C/C(CC)=C(\C=O)CCC)c(CC)c2c34)CCC1. The van der Waals surface area contributed by atoms with Gasteiger partial charge in [0.2, 0.25) is 5.91 Å². The van der Waals surface area contributed by atoms with Gasteiger partial charge in [-0.3, -0.25) is 9.59 Å². The van der Waals surface area contributed by atoms with Gasteiger partial charge in [0.05, 0.1) is 22.7 Å². The number of allylic oxidation sites excluding steroid dienone is 4. The van der Waals surface area contributed by atoms with Crippen molar-refractivity contribution in [1.82, 2.24) is 15.2 Å². The van der Waals surface area contributed by atoms with Crippen molar-refractivity contribution in [1.29, 1.82) is 0 Å². The third kappa shape index (κ3) is 6.55. The van der Waals surface area contributed by atoms with Gasteiger partial charge in [-0.05, 0) is 134 Å². The summed E-state index contributed by atoms with van der Waals surface area (Å²) in [5.74, 6) is 0.735. The van der Waals surface area contributed by atoms with Crippen molar-refractivity contribution >= 4 is 28.7 Å². The van der Waals surface area contributed by atoms with Crippen LogP contribution in [0.2, 0.25) is 0 Å². The number of rotatable bonds is 15. The van der Waals surface area contributed by atoms with E-state index in [4.69, 9.17) is 4.98 Å². The number of nitrogens with zero attached hydrogens (tertiary/aromatic N) is 2. The zero-order chi connectivity index (χ0) is 32.9. The molecule has 1 aromatic heterocycles. The first-order valence-corrected chi connectivity index (χ1v) is 17.6. The molecule has 244 valence electrons. The molecule has 0 spiro atoms. The van der Waals surface area contributed by atoms with Crippen LogP contribution in [0.1, 0.15) is 145 Å². The number of aryl methyl sites for hydroxylation is 1. The molecule has 2 aliphatic carbocycles. The Morgan fingerprint density at radius 2 is 1.96 bits per heavy atom. The normalized spacial score (nSPS) is 18.6. The topological polar surface area (TPSA) is 62.3 Å². The number of hydrogen-bond donors (Lipinski definition) is 1. The lowest BCUT2D eigenvalue weighted by atomic mass is 9.65. The second-order valence-corrected chi connectivity index (χ2v) is 13.6. The smallest absolute Gasteiger partial charge is 0.229 e. The maximum Gasteiger partial charge on any atom is 0.229 e. The first-order chi connectivity index (χ1) is 21.6. The quantitative estimate of drug-likeness (QED) is 0.0943. The van der Waals surface area contributed by atoms with Crippen LogP contribution in [0.25, 0.3) is 16.5 Å². The second kappa shape index (κ2) is 14.9. The molecule has 2 atom stereocenters. The lowest BCUT2D eigenvalue weighted by Gasteiger charge is -2.46. The molecular weight excluding hydrogens is 554 g/mol. The van der Waals surface area contributed by atoms with Crippen molar-refractivity contribution in [3.63, 3.8) is 0 Å². The highest BCUT2D eigenvalue weighted by molar-refractivity contribution is 5.93. The van der Waals surface area contributed by atoms with Gasteiger partial charge in [0.15, 0.2) is 0 Å². The van der Waals surface area contributed by atoms with E-state index < -0.39 is 0 Å². The summed E-state index contributed by atoms with van der Waals surface area (Å²) in [6.07, 6.45) is 15.1. The molecule has 1 amide bonds. The highest BCUT2D eigenvalue weighted by Gasteiger charge is 2.47. The van der Waals surface area contributed by atoms with E-state index in [1.807, 2.05) is 7.05 Å². The van der Waals surface area contributed by atoms with Crippen LogP contribution >= 0.6 is 0 Å². The summed E-state index contributed by atoms with van der Waals surface area (Å²) in [5.41, 5.74) is 11.6. The predicted octanol–water partition coefficient (Wildman–Crippen LogP) is 9.47. The second-order valence-electron chi connectivity index (χ2n) is 13.6. The molecule has 1 saturated carbocycles. The number of aromatic nitrogens is 1. The summed E-state index contributed by atoms with van der Waals surface area (Å²) in [5, 5.41) is 4.50. The molecule has 1 fully saturated rings. The third-order valence-electron chi connectivity index (χ3n) is 11.0. The van der Waals surface area contributed by atoms with Gasteiger partial charge in [-0.15, -0.1) is 0 Å². The van der Waals surface area contributed by atoms with Gasteiger partial charge in [0.25, 0.3) is 0 Å². The first-order valence-electron chi connectivity index (χ1n) is 17.6. The number of amides is 1. The highest BCUT2D eigenvalue weighted by atomic mass is 16.2. The maximum absolute atomic E-state index is 14.4. The van der Waals surface area contributed by atoms with E-state index in [-0.39, 0.29) is 17.4 Å². The molecule has 2 aromatic rings. The van der Waals surface area contributed by atoms with Crippen molar-refractivity contribution in [2.24, 2.45) is 5.41 Å². The van der Waals surface area contributed by atoms with Crippen LogP contribution < -0.4 is 5.32 Å². The average molecular weight is 612 g/mol. The molecular formula is C40H57N3O2.